The highest BCUT2D eigenvalue weighted by atomic mass is 35.5. The zero-order chi connectivity index (χ0) is 20.8. The Morgan fingerprint density at radius 1 is 1.17 bits per heavy atom. The van der Waals surface area contributed by atoms with Gasteiger partial charge in [0.1, 0.15) is 0 Å². The summed E-state index contributed by atoms with van der Waals surface area (Å²) in [6.07, 6.45) is 13.2. The number of pyridine rings is 1. The fourth-order valence-corrected chi connectivity index (χ4v) is 3.99. The van der Waals surface area contributed by atoms with E-state index in [1.165, 1.54) is 18.6 Å². The molecular formula is C23H25ClF3NO. The minimum atomic E-state index is -3.15. The summed E-state index contributed by atoms with van der Waals surface area (Å²) in [6.45, 7) is -0.971. The molecule has 0 atom stereocenters. The van der Waals surface area contributed by atoms with E-state index in [0.29, 0.717) is 17.5 Å². The molecule has 0 unspecified atom stereocenters. The highest BCUT2D eigenvalue weighted by molar-refractivity contribution is 6.31. The summed E-state index contributed by atoms with van der Waals surface area (Å²) < 4.78 is 44.0. The molecule has 3 rings (SSSR count). The molecule has 1 aliphatic carbocycles. The van der Waals surface area contributed by atoms with Crippen molar-refractivity contribution in [2.24, 2.45) is 5.92 Å². The SMILES string of the molecule is CCC/C=C/C1CCC(c2ccc(-c3ccc(Cl)c(F)c3OC(F)F)nc2)CC1. The molecule has 1 aromatic carbocycles. The molecule has 0 aliphatic heterocycles. The van der Waals surface area contributed by atoms with Gasteiger partial charge in [-0.15, -0.1) is 0 Å². The number of unbranched alkanes of at least 4 members (excludes halogenated alkanes) is 1. The first kappa shape index (κ1) is 21.7. The molecule has 1 saturated carbocycles. The molecule has 0 N–H and O–H groups in total. The number of nitrogens with zero attached hydrogens (tertiary/aromatic N) is 1. The van der Waals surface area contributed by atoms with Crippen LogP contribution in [0.5, 0.6) is 5.75 Å². The van der Waals surface area contributed by atoms with Crippen LogP contribution in [0.15, 0.2) is 42.6 Å². The van der Waals surface area contributed by atoms with Crippen LogP contribution in [0.2, 0.25) is 5.02 Å². The van der Waals surface area contributed by atoms with Gasteiger partial charge < -0.3 is 4.74 Å². The second-order valence-corrected chi connectivity index (χ2v) is 7.83. The van der Waals surface area contributed by atoms with Crippen LogP contribution >= 0.6 is 11.6 Å². The van der Waals surface area contributed by atoms with E-state index in [4.69, 9.17) is 11.6 Å². The monoisotopic (exact) mass is 423 g/mol. The van der Waals surface area contributed by atoms with Gasteiger partial charge >= 0.3 is 6.61 Å². The Labute approximate surface area is 174 Å². The molecule has 0 saturated heterocycles. The van der Waals surface area contributed by atoms with Gasteiger partial charge in [-0.3, -0.25) is 4.98 Å². The third-order valence-electron chi connectivity index (χ3n) is 5.43. The van der Waals surface area contributed by atoms with Crippen LogP contribution in [0, 0.1) is 11.7 Å². The lowest BCUT2D eigenvalue weighted by Gasteiger charge is -2.27. The van der Waals surface area contributed by atoms with Crippen LogP contribution < -0.4 is 4.74 Å². The standard InChI is InChI=1S/C23H25ClF3NO/c1-2-3-4-5-15-6-8-16(9-7-15)17-10-13-20(28-14-17)18-11-12-19(24)21(25)22(18)29-23(26)27/h4-5,10-16,23H,2-3,6-9H2,1H3/b5-4+. The van der Waals surface area contributed by atoms with Gasteiger partial charge in [0.05, 0.1) is 10.7 Å². The molecule has 0 bridgehead atoms. The second kappa shape index (κ2) is 10.1. The lowest BCUT2D eigenvalue weighted by molar-refractivity contribution is -0.0517. The normalized spacial score (nSPS) is 19.8. The van der Waals surface area contributed by atoms with Crippen molar-refractivity contribution in [2.75, 3.05) is 0 Å². The molecule has 1 heterocycles. The first-order valence-electron chi connectivity index (χ1n) is 10.0. The second-order valence-electron chi connectivity index (χ2n) is 7.42. The number of benzene rings is 1. The Bertz CT molecular complexity index is 831. The Morgan fingerprint density at radius 2 is 1.93 bits per heavy atom. The maximum atomic E-state index is 14.2. The van der Waals surface area contributed by atoms with Crippen molar-refractivity contribution >= 4 is 11.6 Å². The summed E-state index contributed by atoms with van der Waals surface area (Å²) in [5.74, 6) is -0.501. The van der Waals surface area contributed by atoms with Gasteiger partial charge in [0.25, 0.3) is 0 Å². The highest BCUT2D eigenvalue weighted by Crippen LogP contribution is 2.39. The van der Waals surface area contributed by atoms with Crippen molar-refractivity contribution in [3.63, 3.8) is 0 Å². The number of aromatic nitrogens is 1. The Balaban J connectivity index is 1.72. The van der Waals surface area contributed by atoms with Gasteiger partial charge in [0.2, 0.25) is 0 Å². The maximum Gasteiger partial charge on any atom is 0.387 e. The van der Waals surface area contributed by atoms with Crippen molar-refractivity contribution in [2.45, 2.75) is 58.0 Å². The number of allylic oxidation sites excluding steroid dienone is 2. The van der Waals surface area contributed by atoms with Crippen molar-refractivity contribution in [1.29, 1.82) is 0 Å². The quantitative estimate of drug-likeness (QED) is 0.424. The Hall–Kier alpha value is -2.01. The van der Waals surface area contributed by atoms with E-state index in [-0.39, 0.29) is 10.6 Å². The average molecular weight is 424 g/mol. The third-order valence-corrected chi connectivity index (χ3v) is 5.72. The number of hydrogen-bond donors (Lipinski definition) is 0. The fourth-order valence-electron chi connectivity index (χ4n) is 3.84. The summed E-state index contributed by atoms with van der Waals surface area (Å²) in [4.78, 5) is 4.39. The summed E-state index contributed by atoms with van der Waals surface area (Å²) in [5.41, 5.74) is 1.65. The number of rotatable bonds is 7. The number of alkyl halides is 2. The van der Waals surface area contributed by atoms with E-state index in [0.717, 1.165) is 37.7 Å². The number of hydrogen-bond acceptors (Lipinski definition) is 2. The molecule has 0 amide bonds. The van der Waals surface area contributed by atoms with E-state index < -0.39 is 18.2 Å². The molecule has 156 valence electrons. The van der Waals surface area contributed by atoms with E-state index in [1.807, 2.05) is 6.07 Å². The zero-order valence-corrected chi connectivity index (χ0v) is 17.1. The summed E-state index contributed by atoms with van der Waals surface area (Å²) in [7, 11) is 0. The lowest BCUT2D eigenvalue weighted by Crippen LogP contribution is -2.12. The lowest BCUT2D eigenvalue weighted by atomic mass is 9.79. The largest absolute Gasteiger partial charge is 0.431 e. The van der Waals surface area contributed by atoms with E-state index >= 15 is 0 Å². The molecule has 29 heavy (non-hydrogen) atoms. The van der Waals surface area contributed by atoms with Crippen molar-refractivity contribution in [3.05, 3.63) is 59.0 Å². The van der Waals surface area contributed by atoms with Gasteiger partial charge in [-0.25, -0.2) is 4.39 Å². The maximum absolute atomic E-state index is 14.2. The topological polar surface area (TPSA) is 22.1 Å². The Morgan fingerprint density at radius 3 is 2.55 bits per heavy atom. The van der Waals surface area contributed by atoms with Crippen LogP contribution in [-0.4, -0.2) is 11.6 Å². The van der Waals surface area contributed by atoms with Crippen LogP contribution in [-0.2, 0) is 0 Å². The van der Waals surface area contributed by atoms with Crippen molar-refractivity contribution in [1.82, 2.24) is 4.98 Å². The van der Waals surface area contributed by atoms with E-state index in [2.05, 4.69) is 28.8 Å². The summed E-state index contributed by atoms with van der Waals surface area (Å²) in [6, 6.07) is 6.43. The molecule has 1 aromatic heterocycles. The average Bonchev–Trinajstić information content (AvgIpc) is 2.72. The van der Waals surface area contributed by atoms with Crippen molar-refractivity contribution in [3.8, 4) is 17.0 Å². The Kier molecular flexibility index (Phi) is 7.59. The highest BCUT2D eigenvalue weighted by Gasteiger charge is 2.23. The van der Waals surface area contributed by atoms with Gasteiger partial charge in [-0.2, -0.15) is 8.78 Å². The summed E-state index contributed by atoms with van der Waals surface area (Å²) in [5, 5.41) is -0.272. The zero-order valence-electron chi connectivity index (χ0n) is 16.4. The fraction of sp³-hybridized carbons (Fsp3) is 0.435. The smallest absolute Gasteiger partial charge is 0.387 e. The third kappa shape index (κ3) is 5.53. The van der Waals surface area contributed by atoms with Crippen LogP contribution in [0.1, 0.15) is 56.9 Å². The minimum absolute atomic E-state index is 0.156. The van der Waals surface area contributed by atoms with Gasteiger partial charge in [0, 0.05) is 11.8 Å². The molecule has 0 radical (unpaired) electrons. The van der Waals surface area contributed by atoms with Gasteiger partial charge in [0.15, 0.2) is 11.6 Å². The van der Waals surface area contributed by atoms with Crippen molar-refractivity contribution < 1.29 is 17.9 Å². The van der Waals surface area contributed by atoms with E-state index in [9.17, 15) is 13.2 Å². The molecule has 0 spiro atoms. The minimum Gasteiger partial charge on any atom is -0.431 e. The van der Waals surface area contributed by atoms with Crippen LogP contribution in [0.4, 0.5) is 13.2 Å². The number of ether oxygens (including phenoxy) is 1. The number of halogens is 4. The molecule has 2 nitrogen and oxygen atoms in total. The molecule has 1 aliphatic rings. The van der Waals surface area contributed by atoms with Crippen LogP contribution in [0.25, 0.3) is 11.3 Å². The van der Waals surface area contributed by atoms with Crippen LogP contribution in [0.3, 0.4) is 0 Å². The van der Waals surface area contributed by atoms with Gasteiger partial charge in [-0.05, 0) is 67.7 Å². The first-order valence-corrected chi connectivity index (χ1v) is 10.4. The molecule has 1 fully saturated rings. The molecular weight excluding hydrogens is 399 g/mol. The predicted molar refractivity (Wildman–Crippen MR) is 110 cm³/mol. The van der Waals surface area contributed by atoms with Gasteiger partial charge in [-0.1, -0.05) is 43.2 Å². The predicted octanol–water partition coefficient (Wildman–Crippen LogP) is 7.77. The first-order chi connectivity index (χ1) is 14.0. The van der Waals surface area contributed by atoms with E-state index in [1.54, 1.807) is 12.3 Å². The summed E-state index contributed by atoms with van der Waals surface area (Å²) >= 11 is 5.71. The molecule has 2 aromatic rings. The molecule has 6 heteroatoms.